The average molecular weight is 522 g/mol. The summed E-state index contributed by atoms with van der Waals surface area (Å²) in [5.74, 6) is 0. The minimum atomic E-state index is 1.07. The first-order chi connectivity index (χ1) is 12.7. The van der Waals surface area contributed by atoms with Crippen LogP contribution in [0, 0.1) is 27.7 Å². The molecule has 2 heteroatoms. The summed E-state index contributed by atoms with van der Waals surface area (Å²) in [5.41, 5.74) is 0. The van der Waals surface area contributed by atoms with Gasteiger partial charge in [-0.2, -0.15) is 25.7 Å². The van der Waals surface area contributed by atoms with Crippen LogP contribution in [0.4, 0.5) is 0 Å². The van der Waals surface area contributed by atoms with E-state index >= 15 is 0 Å². The van der Waals surface area contributed by atoms with E-state index < -0.39 is 0 Å². The van der Waals surface area contributed by atoms with Crippen molar-refractivity contribution < 1.29 is 16.3 Å². The summed E-state index contributed by atoms with van der Waals surface area (Å²) >= 11 is 5.03. The zero-order valence-electron chi connectivity index (χ0n) is 18.9. The number of rotatable bonds is 12. The molecule has 0 unspecified atom stereocenters. The molecule has 0 aliphatic carbocycles. The summed E-state index contributed by atoms with van der Waals surface area (Å²) in [5, 5.41) is 0. The van der Waals surface area contributed by atoms with E-state index in [0.717, 1.165) is 25.7 Å². The summed E-state index contributed by atoms with van der Waals surface area (Å²) < 4.78 is 0. The standard InChI is InChI=1S/C12H25.3C4H9.BrH.Ru/c1-3-5-7-9-11-12-10-8-6-4-2;3*1-3-4-2;;/h1,3-12H2,2H3;3*1,3-4H2,2H3;1H;/q4*-1;;+1/p-1. The second-order valence-electron chi connectivity index (χ2n) is 6.24. The minimum absolute atomic E-state index is 1.07. The Kier molecular flexibility index (Phi) is 81.8. The molecule has 0 amide bonds. The van der Waals surface area contributed by atoms with Crippen LogP contribution in [0.15, 0.2) is 0 Å². The quantitative estimate of drug-likeness (QED) is 0.136. The van der Waals surface area contributed by atoms with Gasteiger partial charge in [-0.1, -0.05) is 105 Å². The monoisotopic (exact) mass is 521 g/mol. The summed E-state index contributed by atoms with van der Waals surface area (Å²) in [6, 6.07) is 0. The van der Waals surface area contributed by atoms with Gasteiger partial charge < -0.3 is 27.7 Å². The molecule has 0 nitrogen and oxygen atoms in total. The molecule has 0 rings (SSSR count). The summed E-state index contributed by atoms with van der Waals surface area (Å²) in [4.78, 5) is 0. The van der Waals surface area contributed by atoms with Crippen LogP contribution in [0.1, 0.15) is 130 Å². The normalized spacial score (nSPS) is 8.54. The first-order valence-electron chi connectivity index (χ1n) is 11.0. The third-order valence-corrected chi connectivity index (χ3v) is 3.41. The molecule has 0 spiro atoms. The van der Waals surface area contributed by atoms with Crippen LogP contribution in [0.5, 0.6) is 0 Å². The molecule has 0 saturated carbocycles. The van der Waals surface area contributed by atoms with E-state index in [-0.39, 0.29) is 0 Å². The molecular formula is C24H52BrRu-4. The van der Waals surface area contributed by atoms with Gasteiger partial charge in [0.2, 0.25) is 0 Å². The van der Waals surface area contributed by atoms with Gasteiger partial charge in [-0.15, -0.1) is 0 Å². The Balaban J connectivity index is -0.0000000866. The van der Waals surface area contributed by atoms with Crippen LogP contribution in [0.2, 0.25) is 0 Å². The SMILES string of the molecule is [Br][Ru].[CH2-]CCC.[CH2-]CCC.[CH2-]CCC.[CH2-]CCCCCCCCCCC. The van der Waals surface area contributed by atoms with Gasteiger partial charge in [0.1, 0.15) is 0 Å². The molecule has 0 aliphatic rings. The van der Waals surface area contributed by atoms with Gasteiger partial charge in [0.15, 0.2) is 0 Å². The number of hydrogen-bond donors (Lipinski definition) is 0. The van der Waals surface area contributed by atoms with Crippen molar-refractivity contribution in [3.05, 3.63) is 27.7 Å². The minimum Gasteiger partial charge on any atom is -0.343 e. The molecule has 26 heavy (non-hydrogen) atoms. The first kappa shape index (κ1) is 37.8. The molecule has 0 saturated heterocycles. The molecule has 167 valence electrons. The molecule has 0 radical (unpaired) electrons. The Morgan fingerprint density at radius 3 is 0.846 bits per heavy atom. The van der Waals surface area contributed by atoms with Gasteiger partial charge in [0.05, 0.1) is 0 Å². The summed E-state index contributed by atoms with van der Waals surface area (Å²) in [6.45, 7) is 23.3. The Labute approximate surface area is 187 Å². The van der Waals surface area contributed by atoms with E-state index in [1.165, 1.54) is 77.0 Å². The second-order valence-corrected chi connectivity index (χ2v) is 6.24. The van der Waals surface area contributed by atoms with Crippen molar-refractivity contribution in [2.24, 2.45) is 0 Å². The topological polar surface area (TPSA) is 0 Å². The molecular weight excluding hydrogens is 469 g/mol. The van der Waals surface area contributed by atoms with E-state index in [2.05, 4.69) is 85.4 Å². The fourth-order valence-electron chi connectivity index (χ4n) is 1.49. The molecule has 0 aliphatic heterocycles. The molecule has 0 heterocycles. The maximum atomic E-state index is 3.84. The Morgan fingerprint density at radius 2 is 0.654 bits per heavy atom. The molecule has 0 N–H and O–H groups in total. The van der Waals surface area contributed by atoms with Gasteiger partial charge in [-0.3, -0.25) is 0 Å². The van der Waals surface area contributed by atoms with Crippen molar-refractivity contribution in [3.63, 3.8) is 0 Å². The average Bonchev–Trinajstić information content (AvgIpc) is 2.72. The Morgan fingerprint density at radius 1 is 0.423 bits per heavy atom. The van der Waals surface area contributed by atoms with Gasteiger partial charge in [-0.05, 0) is 0 Å². The van der Waals surface area contributed by atoms with Crippen molar-refractivity contribution in [1.29, 1.82) is 0 Å². The van der Waals surface area contributed by atoms with Crippen molar-refractivity contribution in [2.45, 2.75) is 130 Å². The number of hydrogen-bond acceptors (Lipinski definition) is 0. The predicted octanol–water partition coefficient (Wildman–Crippen LogP) is 10.4. The van der Waals surface area contributed by atoms with Gasteiger partial charge in [-0.25, -0.2) is 0 Å². The van der Waals surface area contributed by atoms with Crippen LogP contribution in [-0.2, 0) is 16.3 Å². The third kappa shape index (κ3) is 84.9. The summed E-state index contributed by atoms with van der Waals surface area (Å²) in [7, 11) is 0. The maximum absolute atomic E-state index is 3.84. The Hall–Kier alpha value is 1.10. The van der Waals surface area contributed by atoms with Gasteiger partial charge in [0, 0.05) is 0 Å². The molecule has 0 atom stereocenters. The second kappa shape index (κ2) is 56.2. The van der Waals surface area contributed by atoms with Crippen molar-refractivity contribution in [2.75, 3.05) is 0 Å². The van der Waals surface area contributed by atoms with Gasteiger partial charge in [0.25, 0.3) is 0 Å². The van der Waals surface area contributed by atoms with E-state index in [1.54, 1.807) is 0 Å². The van der Waals surface area contributed by atoms with E-state index in [1.807, 2.05) is 0 Å². The smallest absolute Gasteiger partial charge is 0.0533 e. The zero-order valence-corrected chi connectivity index (χ0v) is 22.2. The molecule has 0 aromatic rings. The molecule has 0 aromatic carbocycles. The van der Waals surface area contributed by atoms with E-state index in [0.29, 0.717) is 0 Å². The molecule has 0 bridgehead atoms. The van der Waals surface area contributed by atoms with E-state index in [9.17, 15) is 0 Å². The maximum Gasteiger partial charge on any atom is -0.0533 e. The van der Waals surface area contributed by atoms with Crippen LogP contribution in [-0.4, -0.2) is 0 Å². The van der Waals surface area contributed by atoms with Gasteiger partial charge >= 0.3 is 30.0 Å². The van der Waals surface area contributed by atoms with Crippen LogP contribution < -0.4 is 0 Å². The largest absolute Gasteiger partial charge is 0.343 e. The molecule has 0 aromatic heterocycles. The van der Waals surface area contributed by atoms with Crippen molar-refractivity contribution in [1.82, 2.24) is 0 Å². The van der Waals surface area contributed by atoms with Crippen LogP contribution >= 0.6 is 13.6 Å². The fourth-order valence-corrected chi connectivity index (χ4v) is 1.49. The first-order valence-corrected chi connectivity index (χ1v) is 14.9. The van der Waals surface area contributed by atoms with Crippen molar-refractivity contribution in [3.8, 4) is 0 Å². The van der Waals surface area contributed by atoms with Crippen molar-refractivity contribution >= 4 is 13.6 Å². The molecule has 0 fully saturated rings. The third-order valence-electron chi connectivity index (χ3n) is 3.41. The Bertz CT molecular complexity index is 115. The fraction of sp³-hybridized carbons (Fsp3) is 0.833. The number of unbranched alkanes of at least 4 members (excludes halogenated alkanes) is 12. The summed E-state index contributed by atoms with van der Waals surface area (Å²) in [6.07, 6.45) is 20.7. The zero-order chi connectivity index (χ0) is 21.3. The van der Waals surface area contributed by atoms with E-state index in [4.69, 9.17) is 0 Å². The van der Waals surface area contributed by atoms with Crippen LogP contribution in [0.25, 0.3) is 0 Å². The predicted molar refractivity (Wildman–Crippen MR) is 127 cm³/mol. The van der Waals surface area contributed by atoms with Crippen LogP contribution in [0.3, 0.4) is 0 Å². The number of halogens is 1.